The van der Waals surface area contributed by atoms with Crippen LogP contribution in [-0.4, -0.2) is 24.3 Å². The van der Waals surface area contributed by atoms with Gasteiger partial charge >= 0.3 is 0 Å². The topological polar surface area (TPSA) is 87.3 Å². The van der Waals surface area contributed by atoms with Gasteiger partial charge in [0.25, 0.3) is 11.8 Å². The van der Waals surface area contributed by atoms with Crippen molar-refractivity contribution < 1.29 is 14.4 Å². The summed E-state index contributed by atoms with van der Waals surface area (Å²) in [7, 11) is 0. The minimum absolute atomic E-state index is 0.177. The Balaban J connectivity index is 1.63. The Hall–Kier alpha value is -2.86. The predicted molar refractivity (Wildman–Crippen MR) is 95.1 cm³/mol. The average molecular weight is 360 g/mol. The highest BCUT2D eigenvalue weighted by molar-refractivity contribution is 6.30. The normalized spacial score (nSPS) is 9.96. The highest BCUT2D eigenvalue weighted by atomic mass is 35.5. The van der Waals surface area contributed by atoms with E-state index in [1.165, 1.54) is 0 Å². The van der Waals surface area contributed by atoms with Crippen LogP contribution in [0.5, 0.6) is 0 Å². The van der Waals surface area contributed by atoms with Crippen molar-refractivity contribution in [2.45, 2.75) is 12.8 Å². The lowest BCUT2D eigenvalue weighted by atomic mass is 10.2. The molecule has 0 saturated heterocycles. The molecule has 2 aromatic rings. The monoisotopic (exact) mass is 359 g/mol. The number of benzene rings is 2. The zero-order chi connectivity index (χ0) is 18.1. The van der Waals surface area contributed by atoms with Crippen molar-refractivity contribution in [3.05, 3.63) is 70.7 Å². The first-order valence-electron chi connectivity index (χ1n) is 7.74. The molecule has 0 radical (unpaired) electrons. The van der Waals surface area contributed by atoms with Crippen LogP contribution in [0.15, 0.2) is 54.6 Å². The van der Waals surface area contributed by atoms with Gasteiger partial charge in [0.05, 0.1) is 0 Å². The van der Waals surface area contributed by atoms with Gasteiger partial charge in [0.2, 0.25) is 5.91 Å². The van der Waals surface area contributed by atoms with Gasteiger partial charge in [-0.2, -0.15) is 0 Å². The molecule has 0 saturated carbocycles. The molecule has 2 aromatic carbocycles. The molecule has 6 nitrogen and oxygen atoms in total. The van der Waals surface area contributed by atoms with Gasteiger partial charge in [-0.05, 0) is 42.8 Å². The maximum atomic E-state index is 11.8. The summed E-state index contributed by atoms with van der Waals surface area (Å²) in [6.45, 7) is 0.367. The summed E-state index contributed by atoms with van der Waals surface area (Å²) in [6.07, 6.45) is 0.636. The fourth-order valence-electron chi connectivity index (χ4n) is 2.00. The lowest BCUT2D eigenvalue weighted by molar-refractivity contribution is -0.121. The summed E-state index contributed by atoms with van der Waals surface area (Å²) >= 11 is 5.74. The summed E-state index contributed by atoms with van der Waals surface area (Å²) in [5, 5.41) is 3.26. The Kier molecular flexibility index (Phi) is 6.98. The molecular formula is C18H18ClN3O3. The molecule has 0 aliphatic rings. The van der Waals surface area contributed by atoms with E-state index < -0.39 is 5.91 Å². The minimum Gasteiger partial charge on any atom is -0.352 e. The molecule has 0 aliphatic heterocycles. The molecule has 7 heteroatoms. The average Bonchev–Trinajstić information content (AvgIpc) is 2.64. The van der Waals surface area contributed by atoms with Crippen molar-refractivity contribution in [3.8, 4) is 0 Å². The maximum absolute atomic E-state index is 11.8. The van der Waals surface area contributed by atoms with Crippen LogP contribution in [0.4, 0.5) is 0 Å². The number of amides is 3. The second-order valence-corrected chi connectivity index (χ2v) is 5.67. The van der Waals surface area contributed by atoms with Crippen molar-refractivity contribution in [2.75, 3.05) is 6.54 Å². The molecule has 3 amide bonds. The zero-order valence-corrected chi connectivity index (χ0v) is 14.2. The minimum atomic E-state index is -0.428. The van der Waals surface area contributed by atoms with E-state index in [1.54, 1.807) is 48.5 Å². The van der Waals surface area contributed by atoms with Gasteiger partial charge in [-0.1, -0.05) is 29.8 Å². The maximum Gasteiger partial charge on any atom is 0.269 e. The first-order chi connectivity index (χ1) is 12.1. The highest BCUT2D eigenvalue weighted by Gasteiger charge is 2.08. The van der Waals surface area contributed by atoms with Gasteiger partial charge in [0.15, 0.2) is 0 Å². The first kappa shape index (κ1) is 18.5. The summed E-state index contributed by atoms with van der Waals surface area (Å²) in [4.78, 5) is 35.3. The molecular weight excluding hydrogens is 342 g/mol. The quantitative estimate of drug-likeness (QED) is 0.546. The van der Waals surface area contributed by atoms with Gasteiger partial charge in [0, 0.05) is 29.1 Å². The van der Waals surface area contributed by atoms with E-state index in [-0.39, 0.29) is 18.2 Å². The SMILES string of the molecule is O=C(CCCNC(=O)c1ccccc1)NNC(=O)c1ccc(Cl)cc1. The van der Waals surface area contributed by atoms with E-state index in [4.69, 9.17) is 11.6 Å². The van der Waals surface area contributed by atoms with E-state index in [2.05, 4.69) is 16.2 Å². The standard InChI is InChI=1S/C18H18ClN3O3/c19-15-10-8-14(9-11-15)18(25)22-21-16(23)7-4-12-20-17(24)13-5-2-1-3-6-13/h1-3,5-6,8-11H,4,7,12H2,(H,20,24)(H,21,23)(H,22,25). The Bertz CT molecular complexity index is 733. The summed E-state index contributed by atoms with van der Waals surface area (Å²) in [5.41, 5.74) is 5.62. The largest absolute Gasteiger partial charge is 0.352 e. The van der Waals surface area contributed by atoms with Crippen LogP contribution in [0.3, 0.4) is 0 Å². The van der Waals surface area contributed by atoms with E-state index in [9.17, 15) is 14.4 Å². The Morgan fingerprint density at radius 3 is 2.12 bits per heavy atom. The number of halogens is 1. The number of hydrogen-bond acceptors (Lipinski definition) is 3. The van der Waals surface area contributed by atoms with Crippen LogP contribution in [0.25, 0.3) is 0 Å². The van der Waals surface area contributed by atoms with Crippen molar-refractivity contribution in [2.24, 2.45) is 0 Å². The molecule has 0 bridgehead atoms. The molecule has 0 spiro atoms. The van der Waals surface area contributed by atoms with E-state index >= 15 is 0 Å². The molecule has 0 unspecified atom stereocenters. The van der Waals surface area contributed by atoms with Crippen molar-refractivity contribution in [1.29, 1.82) is 0 Å². The number of nitrogens with one attached hydrogen (secondary N) is 3. The van der Waals surface area contributed by atoms with Crippen LogP contribution in [0, 0.1) is 0 Å². The second-order valence-electron chi connectivity index (χ2n) is 5.23. The molecule has 0 fully saturated rings. The summed E-state index contributed by atoms with van der Waals surface area (Å²) in [6, 6.07) is 15.1. The van der Waals surface area contributed by atoms with Gasteiger partial charge in [-0.15, -0.1) is 0 Å². The molecule has 3 N–H and O–H groups in total. The van der Waals surface area contributed by atoms with Crippen LogP contribution in [-0.2, 0) is 4.79 Å². The number of hydrazine groups is 1. The van der Waals surface area contributed by atoms with Gasteiger partial charge < -0.3 is 5.32 Å². The molecule has 2 rings (SSSR count). The van der Waals surface area contributed by atoms with E-state index in [0.717, 1.165) is 0 Å². The van der Waals surface area contributed by atoms with Crippen LogP contribution >= 0.6 is 11.6 Å². The van der Waals surface area contributed by atoms with Gasteiger partial charge in [-0.3, -0.25) is 25.2 Å². The predicted octanol–water partition coefficient (Wildman–Crippen LogP) is 2.31. The second kappa shape index (κ2) is 9.44. The van der Waals surface area contributed by atoms with Gasteiger partial charge in [0.1, 0.15) is 0 Å². The third-order valence-electron chi connectivity index (χ3n) is 3.32. The number of rotatable bonds is 6. The highest BCUT2D eigenvalue weighted by Crippen LogP contribution is 2.09. The Labute approximate surface area is 150 Å². The Morgan fingerprint density at radius 2 is 1.44 bits per heavy atom. The van der Waals surface area contributed by atoms with E-state index in [0.29, 0.717) is 29.1 Å². The number of carbonyl (C=O) groups excluding carboxylic acids is 3. The molecule has 0 heterocycles. The zero-order valence-electron chi connectivity index (χ0n) is 13.4. The first-order valence-corrected chi connectivity index (χ1v) is 8.12. The fraction of sp³-hybridized carbons (Fsp3) is 0.167. The number of hydrogen-bond donors (Lipinski definition) is 3. The summed E-state index contributed by atoms with van der Waals surface area (Å²) in [5.74, 6) is -0.948. The van der Waals surface area contributed by atoms with Crippen molar-refractivity contribution in [3.63, 3.8) is 0 Å². The molecule has 130 valence electrons. The molecule has 0 atom stereocenters. The summed E-state index contributed by atoms with van der Waals surface area (Å²) < 4.78 is 0. The van der Waals surface area contributed by atoms with Gasteiger partial charge in [-0.25, -0.2) is 0 Å². The fourth-order valence-corrected chi connectivity index (χ4v) is 2.13. The lowest BCUT2D eigenvalue weighted by Crippen LogP contribution is -2.41. The van der Waals surface area contributed by atoms with Crippen molar-refractivity contribution in [1.82, 2.24) is 16.2 Å². The smallest absolute Gasteiger partial charge is 0.269 e. The number of carbonyl (C=O) groups is 3. The van der Waals surface area contributed by atoms with E-state index in [1.807, 2.05) is 6.07 Å². The Morgan fingerprint density at radius 1 is 0.800 bits per heavy atom. The molecule has 0 aromatic heterocycles. The third-order valence-corrected chi connectivity index (χ3v) is 3.58. The van der Waals surface area contributed by atoms with Crippen LogP contribution < -0.4 is 16.2 Å². The van der Waals surface area contributed by atoms with Crippen molar-refractivity contribution >= 4 is 29.3 Å². The van der Waals surface area contributed by atoms with Crippen LogP contribution in [0.1, 0.15) is 33.6 Å². The third kappa shape index (κ3) is 6.27. The molecule has 0 aliphatic carbocycles. The van der Waals surface area contributed by atoms with Crippen LogP contribution in [0.2, 0.25) is 5.02 Å². The molecule has 25 heavy (non-hydrogen) atoms. The lowest BCUT2D eigenvalue weighted by Gasteiger charge is -2.08.